The van der Waals surface area contributed by atoms with Crippen LogP contribution in [0.15, 0.2) is 0 Å². The zero-order valence-corrected chi connectivity index (χ0v) is 15.4. The third-order valence-corrected chi connectivity index (χ3v) is 4.77. The molecule has 0 aromatic carbocycles. The zero-order chi connectivity index (χ0) is 17.1. The Bertz CT molecular complexity index is 285. The zero-order valence-electron chi connectivity index (χ0n) is 15.4. The van der Waals surface area contributed by atoms with Crippen LogP contribution in [0.5, 0.6) is 0 Å². The van der Waals surface area contributed by atoms with E-state index < -0.39 is 18.5 Å². The van der Waals surface area contributed by atoms with Gasteiger partial charge < -0.3 is 19.7 Å². The summed E-state index contributed by atoms with van der Waals surface area (Å²) in [5.41, 5.74) is 0. The molecule has 138 valence electrons. The fourth-order valence-electron chi connectivity index (χ4n) is 3.11. The molecule has 1 aliphatic rings. The molecule has 0 bridgehead atoms. The average Bonchev–Trinajstić information content (AvgIpc) is 2.51. The summed E-state index contributed by atoms with van der Waals surface area (Å²) in [6.07, 6.45) is 11.1. The van der Waals surface area contributed by atoms with Crippen LogP contribution in [-0.4, -0.2) is 40.9 Å². The largest absolute Gasteiger partial charge is 0.390 e. The van der Waals surface area contributed by atoms with Gasteiger partial charge in [-0.2, -0.15) is 0 Å². The van der Waals surface area contributed by atoms with Gasteiger partial charge in [0.15, 0.2) is 6.29 Å². The number of aliphatic hydroxyl groups excluding tert-OH is 2. The van der Waals surface area contributed by atoms with E-state index in [1.807, 2.05) is 13.8 Å². The number of rotatable bonds is 12. The molecule has 0 spiro atoms. The molecule has 5 atom stereocenters. The van der Waals surface area contributed by atoms with Crippen molar-refractivity contribution in [2.45, 2.75) is 122 Å². The van der Waals surface area contributed by atoms with Crippen molar-refractivity contribution >= 4 is 0 Å². The minimum atomic E-state index is -0.730. The second-order valence-corrected chi connectivity index (χ2v) is 7.14. The van der Waals surface area contributed by atoms with Gasteiger partial charge in [-0.25, -0.2) is 0 Å². The van der Waals surface area contributed by atoms with Crippen LogP contribution in [0.3, 0.4) is 0 Å². The van der Waals surface area contributed by atoms with Crippen LogP contribution < -0.4 is 0 Å². The molecule has 4 unspecified atom stereocenters. The molecular formula is C19H38O4. The SMILES string of the molecule is CCCCCCCCCCC[C@@H](C)OC1OC(C)C(O)CC1O. The molecule has 1 aliphatic heterocycles. The molecule has 1 fully saturated rings. The van der Waals surface area contributed by atoms with Crippen molar-refractivity contribution in [1.82, 2.24) is 0 Å². The molecule has 2 N–H and O–H groups in total. The first-order valence-electron chi connectivity index (χ1n) is 9.71. The second kappa shape index (κ2) is 12.2. The lowest BCUT2D eigenvalue weighted by Crippen LogP contribution is -2.48. The molecule has 0 radical (unpaired) electrons. The van der Waals surface area contributed by atoms with Gasteiger partial charge in [-0.1, -0.05) is 64.7 Å². The summed E-state index contributed by atoms with van der Waals surface area (Å²) >= 11 is 0. The molecule has 4 nitrogen and oxygen atoms in total. The first kappa shape index (κ1) is 20.9. The fraction of sp³-hybridized carbons (Fsp3) is 1.00. The Hall–Kier alpha value is -0.160. The van der Waals surface area contributed by atoms with Crippen LogP contribution in [0, 0.1) is 0 Å². The molecule has 0 aromatic heterocycles. The first-order chi connectivity index (χ1) is 11.0. The van der Waals surface area contributed by atoms with E-state index in [4.69, 9.17) is 9.47 Å². The monoisotopic (exact) mass is 330 g/mol. The van der Waals surface area contributed by atoms with Crippen LogP contribution in [0.2, 0.25) is 0 Å². The average molecular weight is 331 g/mol. The molecular weight excluding hydrogens is 292 g/mol. The van der Waals surface area contributed by atoms with E-state index >= 15 is 0 Å². The summed E-state index contributed by atoms with van der Waals surface area (Å²) in [6, 6.07) is 0. The van der Waals surface area contributed by atoms with E-state index in [1.165, 1.54) is 51.4 Å². The Morgan fingerprint density at radius 3 is 2.13 bits per heavy atom. The van der Waals surface area contributed by atoms with Crippen LogP contribution in [0.1, 0.15) is 91.4 Å². The van der Waals surface area contributed by atoms with Crippen LogP contribution in [0.25, 0.3) is 0 Å². The minimum absolute atomic E-state index is 0.0849. The maximum atomic E-state index is 9.93. The van der Waals surface area contributed by atoms with Crippen molar-refractivity contribution in [3.63, 3.8) is 0 Å². The van der Waals surface area contributed by atoms with Crippen molar-refractivity contribution in [2.75, 3.05) is 0 Å². The highest BCUT2D eigenvalue weighted by Gasteiger charge is 2.35. The van der Waals surface area contributed by atoms with Crippen molar-refractivity contribution < 1.29 is 19.7 Å². The van der Waals surface area contributed by atoms with Crippen molar-refractivity contribution in [3.8, 4) is 0 Å². The number of aliphatic hydroxyl groups is 2. The van der Waals surface area contributed by atoms with Gasteiger partial charge in [0.05, 0.1) is 18.3 Å². The summed E-state index contributed by atoms with van der Waals surface area (Å²) < 4.78 is 11.4. The van der Waals surface area contributed by atoms with Gasteiger partial charge in [-0.05, 0) is 20.3 Å². The smallest absolute Gasteiger partial charge is 0.184 e. The molecule has 23 heavy (non-hydrogen) atoms. The van der Waals surface area contributed by atoms with Crippen LogP contribution in [-0.2, 0) is 9.47 Å². The van der Waals surface area contributed by atoms with E-state index in [-0.39, 0.29) is 12.2 Å². The molecule has 1 saturated heterocycles. The third-order valence-electron chi connectivity index (χ3n) is 4.77. The molecule has 4 heteroatoms. The lowest BCUT2D eigenvalue weighted by molar-refractivity contribution is -0.273. The van der Waals surface area contributed by atoms with Crippen molar-refractivity contribution in [1.29, 1.82) is 0 Å². The van der Waals surface area contributed by atoms with E-state index in [0.29, 0.717) is 6.42 Å². The van der Waals surface area contributed by atoms with Gasteiger partial charge in [0.25, 0.3) is 0 Å². The normalized spacial score (nSPS) is 29.6. The third kappa shape index (κ3) is 9.04. The number of hydrogen-bond acceptors (Lipinski definition) is 4. The standard InChI is InChI=1S/C19H38O4/c1-4-5-6-7-8-9-10-11-12-13-15(2)22-19-18(21)14-17(20)16(3)23-19/h15-21H,4-14H2,1-3H3/t15-,16?,17?,18?,19?/m1/s1. The molecule has 1 rings (SSSR count). The van der Waals surface area contributed by atoms with Gasteiger partial charge in [-0.15, -0.1) is 0 Å². The molecule has 0 amide bonds. The Morgan fingerprint density at radius 2 is 1.52 bits per heavy atom. The van der Waals surface area contributed by atoms with Crippen LogP contribution in [0.4, 0.5) is 0 Å². The summed E-state index contributed by atoms with van der Waals surface area (Å²) in [5, 5.41) is 19.6. The topological polar surface area (TPSA) is 58.9 Å². The van der Waals surface area contributed by atoms with E-state index in [2.05, 4.69) is 6.92 Å². The Balaban J connectivity index is 2.01. The summed E-state index contributed by atoms with van der Waals surface area (Å²) in [6.45, 7) is 6.11. The van der Waals surface area contributed by atoms with Crippen molar-refractivity contribution in [3.05, 3.63) is 0 Å². The Labute approximate surface area is 142 Å². The highest BCUT2D eigenvalue weighted by molar-refractivity contribution is 4.78. The van der Waals surface area contributed by atoms with Gasteiger partial charge in [-0.3, -0.25) is 0 Å². The fourth-order valence-corrected chi connectivity index (χ4v) is 3.11. The Kier molecular flexibility index (Phi) is 11.1. The van der Waals surface area contributed by atoms with Gasteiger partial charge in [0.1, 0.15) is 6.10 Å². The van der Waals surface area contributed by atoms with Gasteiger partial charge in [0.2, 0.25) is 0 Å². The summed E-state index contributed by atoms with van der Waals surface area (Å²) in [4.78, 5) is 0. The second-order valence-electron chi connectivity index (χ2n) is 7.14. The first-order valence-corrected chi connectivity index (χ1v) is 9.71. The number of ether oxygens (including phenoxy) is 2. The maximum absolute atomic E-state index is 9.93. The van der Waals surface area contributed by atoms with E-state index in [0.717, 1.165) is 12.8 Å². The highest BCUT2D eigenvalue weighted by atomic mass is 16.7. The van der Waals surface area contributed by atoms with Crippen molar-refractivity contribution in [2.24, 2.45) is 0 Å². The molecule has 1 heterocycles. The predicted molar refractivity (Wildman–Crippen MR) is 93.4 cm³/mol. The van der Waals surface area contributed by atoms with Gasteiger partial charge >= 0.3 is 0 Å². The van der Waals surface area contributed by atoms with E-state index in [9.17, 15) is 10.2 Å². The molecule has 0 aromatic rings. The summed E-state index contributed by atoms with van der Waals surface area (Å²) in [5.74, 6) is 0. The number of unbranched alkanes of at least 4 members (excludes halogenated alkanes) is 8. The van der Waals surface area contributed by atoms with Crippen LogP contribution >= 0.6 is 0 Å². The molecule has 0 saturated carbocycles. The lowest BCUT2D eigenvalue weighted by Gasteiger charge is -2.36. The predicted octanol–water partition coefficient (Wildman–Crippen LogP) is 4.17. The maximum Gasteiger partial charge on any atom is 0.184 e. The summed E-state index contributed by atoms with van der Waals surface area (Å²) in [7, 11) is 0. The molecule has 0 aliphatic carbocycles. The minimum Gasteiger partial charge on any atom is -0.390 e. The Morgan fingerprint density at radius 1 is 0.957 bits per heavy atom. The number of hydrogen-bond donors (Lipinski definition) is 2. The highest BCUT2D eigenvalue weighted by Crippen LogP contribution is 2.23. The quantitative estimate of drug-likeness (QED) is 0.527. The van der Waals surface area contributed by atoms with Gasteiger partial charge in [0, 0.05) is 6.42 Å². The van der Waals surface area contributed by atoms with E-state index in [1.54, 1.807) is 0 Å². The lowest BCUT2D eigenvalue weighted by atomic mass is 10.0.